The molecule has 1 heterocycles. The predicted octanol–water partition coefficient (Wildman–Crippen LogP) is 2.85. The van der Waals surface area contributed by atoms with Gasteiger partial charge in [0.05, 0.1) is 0 Å². The summed E-state index contributed by atoms with van der Waals surface area (Å²) in [6.07, 6.45) is 5.90. The van der Waals surface area contributed by atoms with E-state index in [0.717, 1.165) is 6.42 Å². The first-order valence-corrected chi connectivity index (χ1v) is 4.52. The molecular weight excluding hydrogens is 134 g/mol. The van der Waals surface area contributed by atoms with Gasteiger partial charge in [-0.15, -0.1) is 0 Å². The molecule has 0 bridgehead atoms. The summed E-state index contributed by atoms with van der Waals surface area (Å²) in [6.45, 7) is 5.62. The Hall–Kier alpha value is -0.720. The molecule has 62 valence electrons. The van der Waals surface area contributed by atoms with E-state index in [0.29, 0.717) is 0 Å². The van der Waals surface area contributed by atoms with Crippen LogP contribution in [-0.2, 0) is 13.0 Å². The molecule has 0 radical (unpaired) electrons. The Morgan fingerprint density at radius 2 is 2.18 bits per heavy atom. The smallest absolute Gasteiger partial charge is 0.0222 e. The second-order valence-corrected chi connectivity index (χ2v) is 2.90. The molecule has 0 N–H and O–H groups in total. The van der Waals surface area contributed by atoms with Gasteiger partial charge in [0.15, 0.2) is 0 Å². The highest BCUT2D eigenvalue weighted by atomic mass is 15.0. The van der Waals surface area contributed by atoms with Gasteiger partial charge in [0.2, 0.25) is 0 Å². The second kappa shape index (κ2) is 4.22. The molecule has 0 aliphatic rings. The van der Waals surface area contributed by atoms with E-state index in [-0.39, 0.29) is 0 Å². The van der Waals surface area contributed by atoms with Crippen molar-refractivity contribution in [2.45, 2.75) is 39.7 Å². The van der Waals surface area contributed by atoms with Crippen molar-refractivity contribution < 1.29 is 0 Å². The third-order valence-corrected chi connectivity index (χ3v) is 2.04. The van der Waals surface area contributed by atoms with Gasteiger partial charge < -0.3 is 4.57 Å². The summed E-state index contributed by atoms with van der Waals surface area (Å²) in [5.74, 6) is 0. The predicted molar refractivity (Wildman–Crippen MR) is 48.7 cm³/mol. The lowest BCUT2D eigenvalue weighted by Gasteiger charge is -2.05. The van der Waals surface area contributed by atoms with Crippen molar-refractivity contribution in [3.05, 3.63) is 24.0 Å². The largest absolute Gasteiger partial charge is 0.351 e. The van der Waals surface area contributed by atoms with Crippen molar-refractivity contribution in [3.8, 4) is 0 Å². The fourth-order valence-corrected chi connectivity index (χ4v) is 1.32. The molecule has 1 aromatic heterocycles. The van der Waals surface area contributed by atoms with Crippen molar-refractivity contribution in [2.24, 2.45) is 0 Å². The quantitative estimate of drug-likeness (QED) is 0.623. The molecule has 0 fully saturated rings. The molecule has 0 aromatic carbocycles. The van der Waals surface area contributed by atoms with Gasteiger partial charge in [-0.25, -0.2) is 0 Å². The first-order valence-electron chi connectivity index (χ1n) is 4.52. The van der Waals surface area contributed by atoms with E-state index in [1.807, 2.05) is 0 Å². The fraction of sp³-hybridized carbons (Fsp3) is 0.600. The highest BCUT2D eigenvalue weighted by Gasteiger charge is 1.95. The zero-order chi connectivity index (χ0) is 8.10. The maximum atomic E-state index is 2.35. The Morgan fingerprint density at radius 3 is 2.82 bits per heavy atom. The number of nitrogens with zero attached hydrogens (tertiary/aromatic N) is 1. The first kappa shape index (κ1) is 8.38. The van der Waals surface area contributed by atoms with Gasteiger partial charge in [-0.2, -0.15) is 0 Å². The molecule has 0 spiro atoms. The SMILES string of the molecule is CCCCn1cccc1CC. The average molecular weight is 151 g/mol. The maximum absolute atomic E-state index is 2.35. The molecule has 1 nitrogen and oxygen atoms in total. The monoisotopic (exact) mass is 151 g/mol. The van der Waals surface area contributed by atoms with Gasteiger partial charge in [0.1, 0.15) is 0 Å². The standard InChI is InChI=1S/C10H17N/c1-3-5-8-11-9-6-7-10(11)4-2/h6-7,9H,3-5,8H2,1-2H3. The third kappa shape index (κ3) is 2.11. The lowest BCUT2D eigenvalue weighted by Crippen LogP contribution is -1.99. The van der Waals surface area contributed by atoms with Crippen molar-refractivity contribution in [2.75, 3.05) is 0 Å². The van der Waals surface area contributed by atoms with Crippen LogP contribution in [0.25, 0.3) is 0 Å². The minimum atomic E-state index is 1.15. The minimum absolute atomic E-state index is 1.15. The molecule has 0 saturated carbocycles. The molecule has 0 aliphatic heterocycles. The molecule has 1 aromatic rings. The van der Waals surface area contributed by atoms with Gasteiger partial charge in [-0.1, -0.05) is 20.3 Å². The lowest BCUT2D eigenvalue weighted by atomic mass is 10.3. The van der Waals surface area contributed by atoms with E-state index in [1.165, 1.54) is 25.1 Å². The van der Waals surface area contributed by atoms with E-state index in [9.17, 15) is 0 Å². The Labute approximate surface area is 69.0 Å². The van der Waals surface area contributed by atoms with Crippen LogP contribution < -0.4 is 0 Å². The molecular formula is C10H17N. The Bertz CT molecular complexity index is 200. The number of aromatic nitrogens is 1. The van der Waals surface area contributed by atoms with E-state index < -0.39 is 0 Å². The molecule has 11 heavy (non-hydrogen) atoms. The van der Waals surface area contributed by atoms with Gasteiger partial charge in [0.25, 0.3) is 0 Å². The topological polar surface area (TPSA) is 4.93 Å². The third-order valence-electron chi connectivity index (χ3n) is 2.04. The highest BCUT2D eigenvalue weighted by Crippen LogP contribution is 2.04. The average Bonchev–Trinajstić information content (AvgIpc) is 2.47. The molecule has 0 atom stereocenters. The number of unbranched alkanes of at least 4 members (excludes halogenated alkanes) is 1. The molecule has 0 aliphatic carbocycles. The zero-order valence-electron chi connectivity index (χ0n) is 7.51. The minimum Gasteiger partial charge on any atom is -0.351 e. The maximum Gasteiger partial charge on any atom is 0.0222 e. The van der Waals surface area contributed by atoms with Crippen LogP contribution in [0.15, 0.2) is 18.3 Å². The summed E-state index contributed by atoms with van der Waals surface area (Å²) in [4.78, 5) is 0. The summed E-state index contributed by atoms with van der Waals surface area (Å²) in [5.41, 5.74) is 1.46. The Kier molecular flexibility index (Phi) is 3.21. The van der Waals surface area contributed by atoms with Gasteiger partial charge in [0, 0.05) is 18.4 Å². The number of rotatable bonds is 4. The highest BCUT2D eigenvalue weighted by molar-refractivity contribution is 5.06. The summed E-state index contributed by atoms with van der Waals surface area (Å²) in [7, 11) is 0. The number of aryl methyl sites for hydroxylation is 2. The van der Waals surface area contributed by atoms with Crippen molar-refractivity contribution in [3.63, 3.8) is 0 Å². The van der Waals surface area contributed by atoms with Crippen LogP contribution in [0.3, 0.4) is 0 Å². The van der Waals surface area contributed by atoms with Gasteiger partial charge >= 0.3 is 0 Å². The summed E-state index contributed by atoms with van der Waals surface area (Å²) in [6, 6.07) is 4.34. The van der Waals surface area contributed by atoms with Crippen LogP contribution in [0, 0.1) is 0 Å². The molecule has 0 amide bonds. The molecule has 0 unspecified atom stereocenters. The summed E-state index contributed by atoms with van der Waals surface area (Å²) < 4.78 is 2.35. The normalized spacial score (nSPS) is 10.4. The van der Waals surface area contributed by atoms with Crippen molar-refractivity contribution in [1.82, 2.24) is 4.57 Å². The van der Waals surface area contributed by atoms with E-state index in [2.05, 4.69) is 36.7 Å². The van der Waals surface area contributed by atoms with Gasteiger partial charge in [-0.3, -0.25) is 0 Å². The number of hydrogen-bond donors (Lipinski definition) is 0. The van der Waals surface area contributed by atoms with Crippen LogP contribution in [0.2, 0.25) is 0 Å². The van der Waals surface area contributed by atoms with Crippen LogP contribution >= 0.6 is 0 Å². The van der Waals surface area contributed by atoms with Crippen LogP contribution in [0.1, 0.15) is 32.4 Å². The summed E-state index contributed by atoms with van der Waals surface area (Å²) >= 11 is 0. The Balaban J connectivity index is 2.54. The zero-order valence-corrected chi connectivity index (χ0v) is 7.51. The van der Waals surface area contributed by atoms with E-state index in [1.54, 1.807) is 0 Å². The first-order chi connectivity index (χ1) is 5.38. The molecule has 1 rings (SSSR count). The molecule has 0 saturated heterocycles. The van der Waals surface area contributed by atoms with Crippen molar-refractivity contribution >= 4 is 0 Å². The fourth-order valence-electron chi connectivity index (χ4n) is 1.32. The lowest BCUT2D eigenvalue weighted by molar-refractivity contribution is 0.613. The molecule has 1 heteroatoms. The van der Waals surface area contributed by atoms with Crippen LogP contribution in [-0.4, -0.2) is 4.57 Å². The van der Waals surface area contributed by atoms with Crippen molar-refractivity contribution in [1.29, 1.82) is 0 Å². The Morgan fingerprint density at radius 1 is 1.36 bits per heavy atom. The second-order valence-electron chi connectivity index (χ2n) is 2.90. The van der Waals surface area contributed by atoms with Gasteiger partial charge in [-0.05, 0) is 25.0 Å². The van der Waals surface area contributed by atoms with Crippen LogP contribution in [0.5, 0.6) is 0 Å². The van der Waals surface area contributed by atoms with E-state index >= 15 is 0 Å². The van der Waals surface area contributed by atoms with E-state index in [4.69, 9.17) is 0 Å². The van der Waals surface area contributed by atoms with Crippen LogP contribution in [0.4, 0.5) is 0 Å². The number of hydrogen-bond acceptors (Lipinski definition) is 0. The summed E-state index contributed by atoms with van der Waals surface area (Å²) in [5, 5.41) is 0.